The number of ether oxygens (including phenoxy) is 2. The van der Waals surface area contributed by atoms with E-state index in [2.05, 4.69) is 10.0 Å². The molecule has 0 saturated heterocycles. The highest BCUT2D eigenvalue weighted by Gasteiger charge is 2.34. The van der Waals surface area contributed by atoms with E-state index in [1.54, 1.807) is 43.1 Å². The minimum atomic E-state index is -3.97. The van der Waals surface area contributed by atoms with Gasteiger partial charge in [-0.3, -0.25) is 9.52 Å². The lowest BCUT2D eigenvalue weighted by atomic mass is 9.99. The Morgan fingerprint density at radius 2 is 1.81 bits per heavy atom. The van der Waals surface area contributed by atoms with Crippen LogP contribution < -0.4 is 19.5 Å². The summed E-state index contributed by atoms with van der Waals surface area (Å²) in [4.78, 5) is 29.7. The van der Waals surface area contributed by atoms with Crippen molar-refractivity contribution in [2.24, 2.45) is 5.92 Å². The number of fused-ring (bicyclic) bond motifs is 1. The van der Waals surface area contributed by atoms with Gasteiger partial charge in [-0.2, -0.15) is 0 Å². The molecule has 0 unspecified atom stereocenters. The highest BCUT2D eigenvalue weighted by atomic mass is 32.2. The maximum absolute atomic E-state index is 13.7. The molecular weight excluding hydrogens is 560 g/mol. The normalized spacial score (nSPS) is 17.6. The molecule has 42 heavy (non-hydrogen) atoms. The highest BCUT2D eigenvalue weighted by molar-refractivity contribution is 7.92. The van der Waals surface area contributed by atoms with E-state index in [4.69, 9.17) is 9.47 Å². The number of carbonyl (C=O) groups excluding carboxylic acids is 2. The quantitative estimate of drug-likeness (QED) is 0.341. The summed E-state index contributed by atoms with van der Waals surface area (Å²) < 4.78 is 40.0. The zero-order chi connectivity index (χ0) is 30.4. The van der Waals surface area contributed by atoms with Gasteiger partial charge < -0.3 is 29.7 Å². The predicted octanol–water partition coefficient (Wildman–Crippen LogP) is 3.88. The van der Waals surface area contributed by atoms with Crippen molar-refractivity contribution in [2.75, 3.05) is 43.9 Å². The van der Waals surface area contributed by atoms with Crippen molar-refractivity contribution in [1.82, 2.24) is 9.80 Å². The van der Waals surface area contributed by atoms with Gasteiger partial charge in [0, 0.05) is 30.9 Å². The van der Waals surface area contributed by atoms with Gasteiger partial charge in [-0.1, -0.05) is 25.1 Å². The summed E-state index contributed by atoms with van der Waals surface area (Å²) in [5.41, 5.74) is 0.964. The second-order valence-corrected chi connectivity index (χ2v) is 12.0. The van der Waals surface area contributed by atoms with Gasteiger partial charge in [0.05, 0.1) is 36.8 Å². The van der Waals surface area contributed by atoms with Crippen LogP contribution in [0.2, 0.25) is 0 Å². The lowest BCUT2D eigenvalue weighted by Crippen LogP contribution is -2.50. The van der Waals surface area contributed by atoms with Crippen molar-refractivity contribution >= 4 is 33.3 Å². The fourth-order valence-electron chi connectivity index (χ4n) is 4.57. The molecule has 1 heterocycles. The molecule has 11 nitrogen and oxygen atoms in total. The molecule has 0 bridgehead atoms. The number of anilines is 2. The molecule has 0 radical (unpaired) electrons. The molecule has 1 aliphatic heterocycles. The van der Waals surface area contributed by atoms with Crippen LogP contribution in [0.25, 0.3) is 0 Å². The van der Waals surface area contributed by atoms with Crippen LogP contribution in [-0.4, -0.2) is 81.3 Å². The molecule has 3 N–H and O–H groups in total. The fraction of sp³-hybridized carbons (Fsp3) is 0.333. The topological polar surface area (TPSA) is 138 Å². The summed E-state index contributed by atoms with van der Waals surface area (Å²) in [6.45, 7) is 3.85. The Kier molecular flexibility index (Phi) is 9.59. The summed E-state index contributed by atoms with van der Waals surface area (Å²) in [6, 6.07) is 18.7. The van der Waals surface area contributed by atoms with Crippen LogP contribution in [0.5, 0.6) is 11.5 Å². The van der Waals surface area contributed by atoms with Gasteiger partial charge in [0.25, 0.3) is 15.9 Å². The Balaban J connectivity index is 1.61. The second-order valence-electron chi connectivity index (χ2n) is 10.3. The maximum Gasteiger partial charge on any atom is 0.321 e. The first-order chi connectivity index (χ1) is 20.0. The number of rotatable bonds is 9. The molecule has 3 amide bonds. The van der Waals surface area contributed by atoms with E-state index in [1.807, 2.05) is 25.1 Å². The number of nitrogens with zero attached hydrogens (tertiary/aromatic N) is 2. The van der Waals surface area contributed by atoms with Gasteiger partial charge in [-0.25, -0.2) is 13.2 Å². The molecule has 4 rings (SSSR count). The van der Waals surface area contributed by atoms with E-state index in [-0.39, 0.29) is 53.5 Å². The number of aliphatic hydroxyl groups excluding tert-OH is 1. The SMILES string of the molecule is COc1ccc(S(=O)(=O)Nc2ccc3c(c2)C(=O)N([C@H](C)CO)C[C@@H](C)[C@@H](CN(C)C(=O)Nc2ccccc2)O3)cc1. The largest absolute Gasteiger partial charge is 0.497 e. The molecule has 1 aliphatic rings. The van der Waals surface area contributed by atoms with Crippen LogP contribution in [0.1, 0.15) is 24.2 Å². The molecule has 0 saturated carbocycles. The van der Waals surface area contributed by atoms with Crippen LogP contribution >= 0.6 is 0 Å². The zero-order valence-corrected chi connectivity index (χ0v) is 24.8. The standard InChI is InChI=1S/C30H36N4O7S/c1-20-17-34(21(2)19-35)29(36)26-16-23(32-42(38,39)25-13-11-24(40-4)12-14-25)10-15-27(26)41-28(20)18-33(3)30(37)31-22-8-6-5-7-9-22/h5-16,20-21,28,32,35H,17-19H2,1-4H3,(H,31,37)/t20-,21-,28-/m1/s1. The second kappa shape index (κ2) is 13.1. The number of likely N-dealkylation sites (N-methyl/N-ethyl adjacent to an activating group) is 1. The molecule has 0 aromatic heterocycles. The van der Waals surface area contributed by atoms with Crippen molar-refractivity contribution in [3.8, 4) is 11.5 Å². The Morgan fingerprint density at radius 3 is 2.45 bits per heavy atom. The van der Waals surface area contributed by atoms with E-state index in [0.29, 0.717) is 11.4 Å². The maximum atomic E-state index is 13.7. The summed E-state index contributed by atoms with van der Waals surface area (Å²) >= 11 is 0. The first-order valence-corrected chi connectivity index (χ1v) is 15.0. The van der Waals surface area contributed by atoms with E-state index in [9.17, 15) is 23.1 Å². The van der Waals surface area contributed by atoms with Crippen LogP contribution in [0.15, 0.2) is 77.7 Å². The minimum absolute atomic E-state index is 0.0267. The van der Waals surface area contributed by atoms with Crippen LogP contribution in [0, 0.1) is 5.92 Å². The number of benzene rings is 3. The minimum Gasteiger partial charge on any atom is -0.497 e. The molecule has 0 aliphatic carbocycles. The average molecular weight is 597 g/mol. The number of nitrogens with one attached hydrogen (secondary N) is 2. The predicted molar refractivity (Wildman–Crippen MR) is 159 cm³/mol. The van der Waals surface area contributed by atoms with Crippen LogP contribution in [0.3, 0.4) is 0 Å². The zero-order valence-electron chi connectivity index (χ0n) is 24.0. The van der Waals surface area contributed by atoms with E-state index < -0.39 is 28.1 Å². The van der Waals surface area contributed by atoms with E-state index in [1.165, 1.54) is 42.3 Å². The first-order valence-electron chi connectivity index (χ1n) is 13.5. The van der Waals surface area contributed by atoms with Gasteiger partial charge in [-0.15, -0.1) is 0 Å². The van der Waals surface area contributed by atoms with Crippen LogP contribution in [-0.2, 0) is 10.0 Å². The number of aliphatic hydroxyl groups is 1. The van der Waals surface area contributed by atoms with Crippen molar-refractivity contribution in [3.63, 3.8) is 0 Å². The highest BCUT2D eigenvalue weighted by Crippen LogP contribution is 2.31. The number of para-hydroxylation sites is 1. The molecular formula is C30H36N4O7S. The van der Waals surface area contributed by atoms with Crippen LogP contribution in [0.4, 0.5) is 16.2 Å². The van der Waals surface area contributed by atoms with Gasteiger partial charge in [-0.05, 0) is 61.5 Å². The number of methoxy groups -OCH3 is 1. The van der Waals surface area contributed by atoms with Crippen molar-refractivity contribution in [1.29, 1.82) is 0 Å². The average Bonchev–Trinajstić information content (AvgIpc) is 2.99. The summed E-state index contributed by atoms with van der Waals surface area (Å²) in [5.74, 6) is 0.146. The fourth-order valence-corrected chi connectivity index (χ4v) is 5.62. The van der Waals surface area contributed by atoms with Gasteiger partial charge in [0.15, 0.2) is 0 Å². The van der Waals surface area contributed by atoms with Crippen molar-refractivity contribution in [3.05, 3.63) is 78.4 Å². The molecule has 3 atom stereocenters. The van der Waals surface area contributed by atoms with E-state index >= 15 is 0 Å². The number of hydrogen-bond acceptors (Lipinski definition) is 7. The summed E-state index contributed by atoms with van der Waals surface area (Å²) in [5, 5.41) is 12.8. The molecule has 12 heteroatoms. The number of amides is 3. The molecule has 224 valence electrons. The van der Waals surface area contributed by atoms with E-state index in [0.717, 1.165) is 0 Å². The number of hydrogen-bond donors (Lipinski definition) is 3. The van der Waals surface area contributed by atoms with Gasteiger partial charge in [0.1, 0.15) is 17.6 Å². The number of carbonyl (C=O) groups is 2. The third-order valence-corrected chi connectivity index (χ3v) is 8.51. The lowest BCUT2D eigenvalue weighted by Gasteiger charge is -2.38. The van der Waals surface area contributed by atoms with Crippen molar-refractivity contribution in [2.45, 2.75) is 30.9 Å². The Bertz CT molecular complexity index is 1500. The van der Waals surface area contributed by atoms with Crippen molar-refractivity contribution < 1.29 is 32.6 Å². The van der Waals surface area contributed by atoms with Gasteiger partial charge in [0.2, 0.25) is 0 Å². The first kappa shape index (κ1) is 30.7. The lowest BCUT2D eigenvalue weighted by molar-refractivity contribution is 0.0371. The molecule has 3 aromatic rings. The number of sulfonamides is 1. The van der Waals surface area contributed by atoms with Gasteiger partial charge >= 0.3 is 6.03 Å². The third kappa shape index (κ3) is 7.12. The smallest absolute Gasteiger partial charge is 0.321 e. The summed E-state index contributed by atoms with van der Waals surface area (Å²) in [6.07, 6.45) is -0.515. The molecule has 3 aromatic carbocycles. The summed E-state index contributed by atoms with van der Waals surface area (Å²) in [7, 11) is -0.821. The Labute approximate surface area is 246 Å². The molecule has 0 spiro atoms. The molecule has 0 fully saturated rings. The Morgan fingerprint density at radius 1 is 1.12 bits per heavy atom. The Hall–Kier alpha value is -4.29. The third-order valence-electron chi connectivity index (χ3n) is 7.11. The number of urea groups is 1. The monoisotopic (exact) mass is 596 g/mol.